The number of nitrogens with two attached hydrogens (primary N) is 1. The quantitative estimate of drug-likeness (QED) is 0.636. The second-order valence-electron chi connectivity index (χ2n) is 5.83. The van der Waals surface area contributed by atoms with Crippen LogP contribution in [0.1, 0.15) is 43.7 Å². The number of primary amides is 1. The monoisotopic (exact) mass is 374 g/mol. The lowest BCUT2D eigenvalue weighted by molar-refractivity contribution is 0.100. The Balaban J connectivity index is 0.00000136. The highest BCUT2D eigenvalue weighted by molar-refractivity contribution is 5.93. The molecule has 144 valence electrons. The smallest absolute Gasteiger partial charge is 0.248 e. The second kappa shape index (κ2) is 10.0. The number of pyridine rings is 1. The van der Waals surface area contributed by atoms with Crippen molar-refractivity contribution >= 4 is 11.5 Å². The van der Waals surface area contributed by atoms with E-state index in [4.69, 9.17) is 10.8 Å². The third-order valence-corrected chi connectivity index (χ3v) is 3.98. The van der Waals surface area contributed by atoms with Crippen molar-refractivity contribution in [1.82, 2.24) is 14.8 Å². The minimum absolute atomic E-state index is 0.444. The van der Waals surface area contributed by atoms with E-state index < -0.39 is 5.91 Å². The molecule has 2 N–H and O–H groups in total. The summed E-state index contributed by atoms with van der Waals surface area (Å²) in [7, 11) is 0. The fourth-order valence-electron chi connectivity index (χ4n) is 2.56. The molecular formula is C23H26N4O. The standard InChI is InChI=1S/C21H20N4O.C2H6/c1-3-4-7-15(2)18-14-19(16-9-11-17(12-10-16)21(22)26)25(24-18)20-8-5-6-13-23-20;1-2/h3-14H,1-2H3,(H2,22,26);1-2H3/b4-3-,15-7+;. The first-order valence-corrected chi connectivity index (χ1v) is 9.32. The summed E-state index contributed by atoms with van der Waals surface area (Å²) in [6.07, 6.45) is 7.71. The number of amides is 1. The first kappa shape index (κ1) is 20.8. The summed E-state index contributed by atoms with van der Waals surface area (Å²) in [5.41, 5.74) is 9.54. The molecule has 0 bridgehead atoms. The van der Waals surface area contributed by atoms with Crippen LogP contribution in [0.25, 0.3) is 22.6 Å². The van der Waals surface area contributed by atoms with Crippen LogP contribution in [0, 0.1) is 0 Å². The van der Waals surface area contributed by atoms with E-state index in [0.29, 0.717) is 5.56 Å². The van der Waals surface area contributed by atoms with Crippen molar-refractivity contribution in [2.75, 3.05) is 0 Å². The molecular weight excluding hydrogens is 348 g/mol. The van der Waals surface area contributed by atoms with E-state index in [1.54, 1.807) is 18.3 Å². The van der Waals surface area contributed by atoms with Crippen molar-refractivity contribution in [2.24, 2.45) is 5.73 Å². The van der Waals surface area contributed by atoms with Gasteiger partial charge in [-0.3, -0.25) is 4.79 Å². The van der Waals surface area contributed by atoms with Crippen LogP contribution in [0.2, 0.25) is 0 Å². The van der Waals surface area contributed by atoms with Crippen molar-refractivity contribution in [2.45, 2.75) is 27.7 Å². The highest BCUT2D eigenvalue weighted by Crippen LogP contribution is 2.26. The van der Waals surface area contributed by atoms with Gasteiger partial charge in [-0.15, -0.1) is 0 Å². The molecule has 2 heterocycles. The summed E-state index contributed by atoms with van der Waals surface area (Å²) in [6.45, 7) is 7.99. The van der Waals surface area contributed by atoms with Crippen LogP contribution in [0.15, 0.2) is 73.0 Å². The van der Waals surface area contributed by atoms with Crippen LogP contribution < -0.4 is 5.73 Å². The predicted molar refractivity (Wildman–Crippen MR) is 115 cm³/mol. The third kappa shape index (κ3) is 4.82. The maximum atomic E-state index is 11.3. The maximum absolute atomic E-state index is 11.3. The molecule has 5 nitrogen and oxygen atoms in total. The molecule has 0 atom stereocenters. The highest BCUT2D eigenvalue weighted by atomic mass is 16.1. The zero-order chi connectivity index (χ0) is 20.5. The summed E-state index contributed by atoms with van der Waals surface area (Å²) < 4.78 is 1.81. The van der Waals surface area contributed by atoms with Gasteiger partial charge in [-0.1, -0.05) is 50.3 Å². The van der Waals surface area contributed by atoms with Crippen LogP contribution in [0.4, 0.5) is 0 Å². The molecule has 3 rings (SSSR count). The van der Waals surface area contributed by atoms with Gasteiger partial charge in [-0.05, 0) is 49.8 Å². The summed E-state index contributed by atoms with van der Waals surface area (Å²) >= 11 is 0. The predicted octanol–water partition coefficient (Wildman–Crippen LogP) is 5.04. The number of hydrogen-bond acceptors (Lipinski definition) is 3. The van der Waals surface area contributed by atoms with Gasteiger partial charge < -0.3 is 5.73 Å². The molecule has 0 aliphatic carbocycles. The fourth-order valence-corrected chi connectivity index (χ4v) is 2.56. The van der Waals surface area contributed by atoms with Crippen molar-refractivity contribution in [3.8, 4) is 17.1 Å². The molecule has 0 saturated heterocycles. The van der Waals surface area contributed by atoms with Crippen LogP contribution in [-0.2, 0) is 0 Å². The minimum atomic E-state index is -0.444. The minimum Gasteiger partial charge on any atom is -0.366 e. The lowest BCUT2D eigenvalue weighted by atomic mass is 10.1. The van der Waals surface area contributed by atoms with E-state index in [-0.39, 0.29) is 0 Å². The Labute approximate surface area is 166 Å². The van der Waals surface area contributed by atoms with Crippen molar-refractivity contribution in [3.63, 3.8) is 0 Å². The SMILES string of the molecule is C/C=C\C=C(/C)c1cc(-c2ccc(C(N)=O)cc2)n(-c2ccccn2)n1.CC. The molecule has 1 aromatic carbocycles. The number of carbonyl (C=O) groups excluding carboxylic acids is 1. The van der Waals surface area contributed by atoms with Crippen molar-refractivity contribution in [3.05, 3.63) is 84.2 Å². The molecule has 0 radical (unpaired) electrons. The van der Waals surface area contributed by atoms with Crippen molar-refractivity contribution < 1.29 is 4.79 Å². The lowest BCUT2D eigenvalue weighted by Gasteiger charge is -2.06. The van der Waals surface area contributed by atoms with Gasteiger partial charge in [-0.25, -0.2) is 9.67 Å². The normalized spacial score (nSPS) is 11.2. The molecule has 3 aromatic rings. The van der Waals surface area contributed by atoms with Gasteiger partial charge in [0.15, 0.2) is 5.82 Å². The zero-order valence-corrected chi connectivity index (χ0v) is 16.8. The number of rotatable bonds is 5. The van der Waals surface area contributed by atoms with Gasteiger partial charge in [0.25, 0.3) is 0 Å². The fraction of sp³-hybridized carbons (Fsp3) is 0.174. The number of benzene rings is 1. The summed E-state index contributed by atoms with van der Waals surface area (Å²) in [6, 6.07) is 14.9. The van der Waals surface area contributed by atoms with E-state index in [1.807, 2.05) is 87.0 Å². The van der Waals surface area contributed by atoms with Crippen LogP contribution >= 0.6 is 0 Å². The molecule has 0 aliphatic rings. The number of carbonyl (C=O) groups is 1. The molecule has 5 heteroatoms. The third-order valence-electron chi connectivity index (χ3n) is 3.98. The number of allylic oxidation sites excluding steroid dienone is 4. The molecule has 28 heavy (non-hydrogen) atoms. The second-order valence-corrected chi connectivity index (χ2v) is 5.83. The first-order valence-electron chi connectivity index (χ1n) is 9.32. The average molecular weight is 374 g/mol. The van der Waals surface area contributed by atoms with Gasteiger partial charge in [0.1, 0.15) is 0 Å². The van der Waals surface area contributed by atoms with Gasteiger partial charge >= 0.3 is 0 Å². The first-order chi connectivity index (χ1) is 13.6. The summed E-state index contributed by atoms with van der Waals surface area (Å²) in [4.78, 5) is 15.7. The lowest BCUT2D eigenvalue weighted by Crippen LogP contribution is -2.10. The molecule has 0 aliphatic heterocycles. The Hall–Kier alpha value is -3.47. The summed E-state index contributed by atoms with van der Waals surface area (Å²) in [5.74, 6) is 0.284. The maximum Gasteiger partial charge on any atom is 0.248 e. The van der Waals surface area contributed by atoms with E-state index in [9.17, 15) is 4.79 Å². The van der Waals surface area contributed by atoms with E-state index in [0.717, 1.165) is 28.3 Å². The Morgan fingerprint density at radius 2 is 1.82 bits per heavy atom. The Morgan fingerprint density at radius 3 is 2.39 bits per heavy atom. The molecule has 0 saturated carbocycles. The van der Waals surface area contributed by atoms with E-state index in [1.165, 1.54) is 0 Å². The topological polar surface area (TPSA) is 73.8 Å². The zero-order valence-electron chi connectivity index (χ0n) is 16.8. The molecule has 2 aromatic heterocycles. The number of nitrogens with zero attached hydrogens (tertiary/aromatic N) is 3. The van der Waals surface area contributed by atoms with Crippen LogP contribution in [0.3, 0.4) is 0 Å². The molecule has 0 unspecified atom stereocenters. The Bertz CT molecular complexity index is 968. The van der Waals surface area contributed by atoms with Crippen LogP contribution in [0.5, 0.6) is 0 Å². The number of hydrogen-bond donors (Lipinski definition) is 1. The number of aromatic nitrogens is 3. The molecule has 0 spiro atoms. The van der Waals surface area contributed by atoms with Gasteiger partial charge in [0.2, 0.25) is 5.91 Å². The summed E-state index contributed by atoms with van der Waals surface area (Å²) in [5, 5.41) is 4.73. The highest BCUT2D eigenvalue weighted by Gasteiger charge is 2.13. The van der Waals surface area contributed by atoms with Gasteiger partial charge in [-0.2, -0.15) is 5.10 Å². The van der Waals surface area contributed by atoms with Gasteiger partial charge in [0, 0.05) is 17.3 Å². The molecule has 1 amide bonds. The Kier molecular flexibility index (Phi) is 7.45. The van der Waals surface area contributed by atoms with Crippen molar-refractivity contribution in [1.29, 1.82) is 0 Å². The van der Waals surface area contributed by atoms with Crippen LogP contribution in [-0.4, -0.2) is 20.7 Å². The largest absolute Gasteiger partial charge is 0.366 e. The molecule has 0 fully saturated rings. The Morgan fingerprint density at radius 1 is 1.11 bits per heavy atom. The van der Waals surface area contributed by atoms with Gasteiger partial charge in [0.05, 0.1) is 11.4 Å². The average Bonchev–Trinajstić information content (AvgIpc) is 3.20. The van der Waals surface area contributed by atoms with E-state index >= 15 is 0 Å². The van der Waals surface area contributed by atoms with E-state index in [2.05, 4.69) is 4.98 Å².